The molecule has 0 N–H and O–H groups in total. The Morgan fingerprint density at radius 2 is 1.40 bits per heavy atom. The van der Waals surface area contributed by atoms with Crippen molar-refractivity contribution >= 4 is 5.91 Å². The van der Waals surface area contributed by atoms with Crippen molar-refractivity contribution < 1.29 is 13.9 Å². The van der Waals surface area contributed by atoms with Crippen molar-refractivity contribution in [2.45, 2.75) is 13.8 Å². The van der Waals surface area contributed by atoms with Crippen LogP contribution in [0.4, 0.5) is 4.39 Å². The van der Waals surface area contributed by atoms with Gasteiger partial charge in [0, 0.05) is 29.8 Å². The number of halogens is 1. The lowest BCUT2D eigenvalue weighted by Crippen LogP contribution is -2.40. The number of benzene rings is 2. The largest absolute Gasteiger partial charge is 0.378 e. The van der Waals surface area contributed by atoms with Crippen molar-refractivity contribution in [3.63, 3.8) is 0 Å². The van der Waals surface area contributed by atoms with E-state index in [9.17, 15) is 9.18 Å². The number of carbonyl (C=O) groups is 1. The third-order valence-corrected chi connectivity index (χ3v) is 3.63. The van der Waals surface area contributed by atoms with Crippen LogP contribution in [0, 0.1) is 17.7 Å². The van der Waals surface area contributed by atoms with Gasteiger partial charge >= 0.3 is 0 Å². The Labute approximate surface area is 148 Å². The molecule has 3 rings (SSSR count). The summed E-state index contributed by atoms with van der Waals surface area (Å²) in [4.78, 5) is 14.1. The molecule has 0 aromatic heterocycles. The van der Waals surface area contributed by atoms with E-state index in [2.05, 4.69) is 11.8 Å². The normalized spacial score (nSPS) is 13.2. The molecule has 0 saturated carbocycles. The van der Waals surface area contributed by atoms with E-state index in [-0.39, 0.29) is 11.7 Å². The first-order valence-corrected chi connectivity index (χ1v) is 8.47. The summed E-state index contributed by atoms with van der Waals surface area (Å²) >= 11 is 0. The number of carbonyl (C=O) groups excluding carboxylic acids is 1. The average Bonchev–Trinajstić information content (AvgIpc) is 2.70. The van der Waals surface area contributed by atoms with Crippen molar-refractivity contribution in [1.29, 1.82) is 0 Å². The number of nitrogens with zero attached hydrogens (tertiary/aromatic N) is 1. The van der Waals surface area contributed by atoms with E-state index in [0.717, 1.165) is 11.1 Å². The molecule has 0 bridgehead atoms. The lowest BCUT2D eigenvalue weighted by molar-refractivity contribution is 0.0303. The van der Waals surface area contributed by atoms with Gasteiger partial charge in [-0.2, -0.15) is 0 Å². The summed E-state index contributed by atoms with van der Waals surface area (Å²) in [7, 11) is 0. The van der Waals surface area contributed by atoms with Gasteiger partial charge in [0.25, 0.3) is 5.91 Å². The first kappa shape index (κ1) is 18.7. The molecule has 0 spiro atoms. The standard InChI is InChI=1S/C19H16FNO2.C2H6/c20-18-9-5-16(6-10-18)2-1-15-3-7-17(8-4-15)19(22)21-11-13-23-14-12-21;1-2/h3-10H,11-14H2;1-2H3. The number of ether oxygens (including phenoxy) is 1. The van der Waals surface area contributed by atoms with Gasteiger partial charge in [-0.05, 0) is 48.5 Å². The zero-order valence-corrected chi connectivity index (χ0v) is 14.6. The van der Waals surface area contributed by atoms with Crippen molar-refractivity contribution in [3.8, 4) is 11.8 Å². The van der Waals surface area contributed by atoms with Crippen LogP contribution in [0.3, 0.4) is 0 Å². The summed E-state index contributed by atoms with van der Waals surface area (Å²) in [6.45, 7) is 6.44. The molecule has 1 aliphatic heterocycles. The monoisotopic (exact) mass is 339 g/mol. The SMILES string of the molecule is CC.O=C(c1ccc(C#Cc2ccc(F)cc2)cc1)N1CCOCC1. The minimum atomic E-state index is -0.276. The highest BCUT2D eigenvalue weighted by molar-refractivity contribution is 5.94. The second-order valence-corrected chi connectivity index (χ2v) is 5.24. The van der Waals surface area contributed by atoms with Crippen molar-refractivity contribution in [2.24, 2.45) is 0 Å². The summed E-state index contributed by atoms with van der Waals surface area (Å²) in [6.07, 6.45) is 0. The highest BCUT2D eigenvalue weighted by Crippen LogP contribution is 2.09. The van der Waals surface area contributed by atoms with Crippen LogP contribution in [0.1, 0.15) is 35.3 Å². The predicted molar refractivity (Wildman–Crippen MR) is 96.9 cm³/mol. The molecule has 0 aliphatic carbocycles. The molecule has 1 aliphatic rings. The van der Waals surface area contributed by atoms with Crippen LogP contribution in [0.15, 0.2) is 48.5 Å². The van der Waals surface area contributed by atoms with E-state index in [4.69, 9.17) is 4.74 Å². The molecule has 25 heavy (non-hydrogen) atoms. The van der Waals surface area contributed by atoms with Crippen molar-refractivity contribution in [3.05, 3.63) is 71.0 Å². The van der Waals surface area contributed by atoms with Crippen LogP contribution >= 0.6 is 0 Å². The third kappa shape index (κ3) is 5.44. The van der Waals surface area contributed by atoms with Gasteiger partial charge in [0.2, 0.25) is 0 Å². The van der Waals surface area contributed by atoms with Crippen molar-refractivity contribution in [1.82, 2.24) is 4.90 Å². The van der Waals surface area contributed by atoms with Crippen LogP contribution in [0.5, 0.6) is 0 Å². The smallest absolute Gasteiger partial charge is 0.254 e. The zero-order chi connectivity index (χ0) is 18.1. The lowest BCUT2D eigenvalue weighted by Gasteiger charge is -2.26. The number of hydrogen-bond acceptors (Lipinski definition) is 2. The molecule has 2 aromatic rings. The maximum Gasteiger partial charge on any atom is 0.254 e. The Bertz CT molecular complexity index is 736. The number of morpholine rings is 1. The number of rotatable bonds is 1. The van der Waals surface area contributed by atoms with E-state index < -0.39 is 0 Å². The zero-order valence-electron chi connectivity index (χ0n) is 14.6. The summed E-state index contributed by atoms with van der Waals surface area (Å²) in [5.74, 6) is 5.72. The van der Waals surface area contributed by atoms with Gasteiger partial charge in [-0.25, -0.2) is 4.39 Å². The van der Waals surface area contributed by atoms with Gasteiger partial charge in [-0.3, -0.25) is 4.79 Å². The van der Waals surface area contributed by atoms with Crippen LogP contribution < -0.4 is 0 Å². The van der Waals surface area contributed by atoms with Gasteiger partial charge in [-0.1, -0.05) is 25.7 Å². The molecular formula is C21H22FNO2. The van der Waals surface area contributed by atoms with Gasteiger partial charge in [0.1, 0.15) is 5.82 Å². The Hall–Kier alpha value is -2.64. The molecule has 2 aromatic carbocycles. The summed E-state index contributed by atoms with van der Waals surface area (Å²) < 4.78 is 18.1. The molecule has 1 heterocycles. The minimum absolute atomic E-state index is 0.0198. The average molecular weight is 339 g/mol. The third-order valence-electron chi connectivity index (χ3n) is 3.63. The summed E-state index contributed by atoms with van der Waals surface area (Å²) in [5.41, 5.74) is 2.21. The molecule has 0 atom stereocenters. The molecule has 1 saturated heterocycles. The van der Waals surface area contributed by atoms with E-state index in [1.165, 1.54) is 12.1 Å². The quantitative estimate of drug-likeness (QED) is 0.741. The van der Waals surface area contributed by atoms with Crippen LogP contribution in [-0.2, 0) is 4.74 Å². The fraction of sp³-hybridized carbons (Fsp3) is 0.286. The Kier molecular flexibility index (Phi) is 7.18. The molecule has 0 unspecified atom stereocenters. The minimum Gasteiger partial charge on any atom is -0.378 e. The Balaban J connectivity index is 0.00000109. The highest BCUT2D eigenvalue weighted by atomic mass is 19.1. The van der Waals surface area contributed by atoms with E-state index >= 15 is 0 Å². The predicted octanol–water partition coefficient (Wildman–Crippen LogP) is 3.72. The van der Waals surface area contributed by atoms with Crippen LogP contribution in [0.2, 0.25) is 0 Å². The maximum absolute atomic E-state index is 12.8. The highest BCUT2D eigenvalue weighted by Gasteiger charge is 2.17. The van der Waals surface area contributed by atoms with E-state index in [0.29, 0.717) is 31.9 Å². The van der Waals surface area contributed by atoms with Crippen LogP contribution in [-0.4, -0.2) is 37.1 Å². The van der Waals surface area contributed by atoms with E-state index in [1.54, 1.807) is 29.2 Å². The number of amides is 1. The second kappa shape index (κ2) is 9.61. The molecule has 130 valence electrons. The topological polar surface area (TPSA) is 29.5 Å². The molecular weight excluding hydrogens is 317 g/mol. The van der Waals surface area contributed by atoms with Gasteiger partial charge in [0.15, 0.2) is 0 Å². The molecule has 3 nitrogen and oxygen atoms in total. The maximum atomic E-state index is 12.8. The Morgan fingerprint density at radius 3 is 1.92 bits per heavy atom. The van der Waals surface area contributed by atoms with E-state index in [1.807, 2.05) is 26.0 Å². The first-order valence-electron chi connectivity index (χ1n) is 8.47. The van der Waals surface area contributed by atoms with Gasteiger partial charge in [-0.15, -0.1) is 0 Å². The fourth-order valence-corrected chi connectivity index (χ4v) is 2.32. The fourth-order valence-electron chi connectivity index (χ4n) is 2.32. The molecule has 1 fully saturated rings. The van der Waals surface area contributed by atoms with Gasteiger partial charge < -0.3 is 9.64 Å². The number of hydrogen-bond donors (Lipinski definition) is 0. The molecule has 1 amide bonds. The summed E-state index contributed by atoms with van der Waals surface area (Å²) in [5, 5.41) is 0. The van der Waals surface area contributed by atoms with Gasteiger partial charge in [0.05, 0.1) is 13.2 Å². The summed E-state index contributed by atoms with van der Waals surface area (Å²) in [6, 6.07) is 13.3. The van der Waals surface area contributed by atoms with Crippen LogP contribution in [0.25, 0.3) is 0 Å². The molecule has 0 radical (unpaired) electrons. The van der Waals surface area contributed by atoms with Crippen molar-refractivity contribution in [2.75, 3.05) is 26.3 Å². The lowest BCUT2D eigenvalue weighted by atomic mass is 10.1. The molecule has 4 heteroatoms. The second-order valence-electron chi connectivity index (χ2n) is 5.24. The Morgan fingerprint density at radius 1 is 0.920 bits per heavy atom. The first-order chi connectivity index (χ1) is 12.2.